The van der Waals surface area contributed by atoms with Crippen molar-refractivity contribution < 1.29 is 17.6 Å². The zero-order chi connectivity index (χ0) is 34.3. The SMILES string of the molecule is FC(F)(F)c1c2ccccc2c(-c2cccc3oc4cccc(-c5c6ccccc6c(-c6ccccc6)c6ccccc56)c4c23)c2ccccc12. The van der Waals surface area contributed by atoms with Gasteiger partial charge in [-0.2, -0.15) is 13.2 Å². The lowest BCUT2D eigenvalue weighted by Crippen LogP contribution is -2.07. The molecule has 0 atom stereocenters. The monoisotopic (exact) mass is 664 g/mol. The summed E-state index contributed by atoms with van der Waals surface area (Å²) in [6, 6.07) is 53.4. The van der Waals surface area contributed by atoms with Crippen molar-refractivity contribution in [3.05, 3.63) is 169 Å². The van der Waals surface area contributed by atoms with E-state index in [0.29, 0.717) is 16.4 Å². The Labute approximate surface area is 290 Å². The highest BCUT2D eigenvalue weighted by atomic mass is 19.4. The van der Waals surface area contributed by atoms with Gasteiger partial charge >= 0.3 is 6.18 Å². The minimum atomic E-state index is -4.53. The third kappa shape index (κ3) is 4.36. The van der Waals surface area contributed by atoms with E-state index in [4.69, 9.17) is 4.42 Å². The molecule has 0 saturated carbocycles. The predicted molar refractivity (Wildman–Crippen MR) is 205 cm³/mol. The maximum absolute atomic E-state index is 14.8. The van der Waals surface area contributed by atoms with Gasteiger partial charge in [0, 0.05) is 10.8 Å². The molecule has 242 valence electrons. The van der Waals surface area contributed by atoms with E-state index in [9.17, 15) is 13.2 Å². The summed E-state index contributed by atoms with van der Waals surface area (Å²) in [5.41, 5.74) is 6.79. The Balaban J connectivity index is 1.38. The summed E-state index contributed by atoms with van der Waals surface area (Å²) in [6.45, 7) is 0. The second-order valence-corrected chi connectivity index (χ2v) is 13.0. The second-order valence-electron chi connectivity index (χ2n) is 13.0. The Bertz CT molecular complexity index is 2890. The number of alkyl halides is 3. The Hall–Kier alpha value is -6.39. The normalized spacial score (nSPS) is 12.2. The van der Waals surface area contributed by atoms with E-state index in [2.05, 4.69) is 78.9 Å². The van der Waals surface area contributed by atoms with Gasteiger partial charge < -0.3 is 4.42 Å². The standard InChI is InChI=1S/C47H27F3O/c48-47(49,50)46-35-22-10-8-20-33(35)43(34-21-9-11-23-36(34)46)38-25-13-27-40-45(38)44-37(24-12-26-39(44)51-40)42-31-18-6-4-16-29(31)41(28-14-2-1-3-15-28)30-17-5-7-19-32(30)42/h1-27H. The largest absolute Gasteiger partial charge is 0.456 e. The molecule has 0 unspecified atom stereocenters. The Morgan fingerprint density at radius 3 is 1.10 bits per heavy atom. The summed E-state index contributed by atoms with van der Waals surface area (Å²) in [7, 11) is 0. The van der Waals surface area contributed by atoms with Crippen LogP contribution >= 0.6 is 0 Å². The molecule has 0 aliphatic heterocycles. The lowest BCUT2D eigenvalue weighted by atomic mass is 9.83. The molecule has 51 heavy (non-hydrogen) atoms. The van der Waals surface area contributed by atoms with Gasteiger partial charge in [-0.25, -0.2) is 0 Å². The van der Waals surface area contributed by atoms with Crippen molar-refractivity contribution in [2.24, 2.45) is 0 Å². The summed E-state index contributed by atoms with van der Waals surface area (Å²) in [5.74, 6) is 0. The van der Waals surface area contributed by atoms with Crippen LogP contribution in [-0.2, 0) is 6.18 Å². The van der Waals surface area contributed by atoms with E-state index in [0.717, 1.165) is 65.7 Å². The van der Waals surface area contributed by atoms with Crippen molar-refractivity contribution in [3.8, 4) is 33.4 Å². The number of rotatable bonds is 3. The first kappa shape index (κ1) is 29.5. The molecule has 10 aromatic rings. The summed E-state index contributed by atoms with van der Waals surface area (Å²) < 4.78 is 51.1. The van der Waals surface area contributed by atoms with E-state index in [1.54, 1.807) is 36.4 Å². The Morgan fingerprint density at radius 2 is 0.686 bits per heavy atom. The number of hydrogen-bond acceptors (Lipinski definition) is 1. The van der Waals surface area contributed by atoms with E-state index in [1.165, 1.54) is 5.56 Å². The lowest BCUT2D eigenvalue weighted by molar-refractivity contribution is -0.135. The maximum atomic E-state index is 14.8. The van der Waals surface area contributed by atoms with Crippen molar-refractivity contribution in [2.75, 3.05) is 0 Å². The molecule has 0 amide bonds. The molecule has 0 aliphatic rings. The van der Waals surface area contributed by atoms with Crippen molar-refractivity contribution in [2.45, 2.75) is 6.18 Å². The smallest absolute Gasteiger partial charge is 0.417 e. The molecular weight excluding hydrogens is 638 g/mol. The average Bonchev–Trinajstić information content (AvgIpc) is 3.55. The molecule has 0 fully saturated rings. The van der Waals surface area contributed by atoms with Crippen molar-refractivity contribution in [1.82, 2.24) is 0 Å². The minimum absolute atomic E-state index is 0.178. The summed E-state index contributed by atoms with van der Waals surface area (Å²) >= 11 is 0. The Morgan fingerprint density at radius 1 is 0.333 bits per heavy atom. The third-order valence-electron chi connectivity index (χ3n) is 10.3. The minimum Gasteiger partial charge on any atom is -0.456 e. The van der Waals surface area contributed by atoms with Gasteiger partial charge in [0.15, 0.2) is 0 Å². The molecule has 0 N–H and O–H groups in total. The van der Waals surface area contributed by atoms with Crippen LogP contribution in [0.15, 0.2) is 168 Å². The average molecular weight is 665 g/mol. The molecule has 0 saturated heterocycles. The van der Waals surface area contributed by atoms with Crippen LogP contribution in [0.25, 0.3) is 98.4 Å². The molecule has 0 bridgehead atoms. The molecule has 1 nitrogen and oxygen atoms in total. The molecule has 9 aromatic carbocycles. The molecule has 1 aromatic heterocycles. The fourth-order valence-electron chi connectivity index (χ4n) is 8.34. The van der Waals surface area contributed by atoms with Gasteiger partial charge in [-0.15, -0.1) is 0 Å². The van der Waals surface area contributed by atoms with Crippen LogP contribution in [0.1, 0.15) is 5.56 Å². The number of benzene rings is 9. The van der Waals surface area contributed by atoms with Crippen LogP contribution in [0.2, 0.25) is 0 Å². The van der Waals surface area contributed by atoms with Gasteiger partial charge in [0.1, 0.15) is 11.2 Å². The predicted octanol–water partition coefficient (Wildman–Crippen LogP) is 14.2. The summed E-state index contributed by atoms with van der Waals surface area (Å²) in [6.07, 6.45) is -4.53. The topological polar surface area (TPSA) is 13.1 Å². The van der Waals surface area contributed by atoms with Crippen LogP contribution < -0.4 is 0 Å². The number of furan rings is 1. The van der Waals surface area contributed by atoms with E-state index in [1.807, 2.05) is 48.5 Å². The highest BCUT2D eigenvalue weighted by molar-refractivity contribution is 6.28. The summed E-state index contributed by atoms with van der Waals surface area (Å²) in [5, 5.41) is 7.76. The highest BCUT2D eigenvalue weighted by Gasteiger charge is 2.36. The molecule has 0 spiro atoms. The molecule has 0 aliphatic carbocycles. The second kappa shape index (κ2) is 11.1. The fraction of sp³-hybridized carbons (Fsp3) is 0.0213. The fourth-order valence-corrected chi connectivity index (χ4v) is 8.34. The van der Waals surface area contributed by atoms with Crippen molar-refractivity contribution >= 4 is 65.0 Å². The third-order valence-corrected chi connectivity index (χ3v) is 10.3. The lowest BCUT2D eigenvalue weighted by Gasteiger charge is -2.20. The molecule has 4 heteroatoms. The summed E-state index contributed by atoms with van der Waals surface area (Å²) in [4.78, 5) is 0. The van der Waals surface area contributed by atoms with E-state index < -0.39 is 11.7 Å². The van der Waals surface area contributed by atoms with Crippen molar-refractivity contribution in [3.63, 3.8) is 0 Å². The molecular formula is C47H27F3O. The first-order chi connectivity index (χ1) is 25.0. The first-order valence-electron chi connectivity index (χ1n) is 16.9. The molecule has 0 radical (unpaired) electrons. The van der Waals surface area contributed by atoms with E-state index >= 15 is 0 Å². The Kier molecular flexibility index (Phi) is 6.40. The van der Waals surface area contributed by atoms with Crippen LogP contribution in [0.4, 0.5) is 13.2 Å². The zero-order valence-corrected chi connectivity index (χ0v) is 27.1. The molecule has 1 heterocycles. The zero-order valence-electron chi connectivity index (χ0n) is 27.1. The highest BCUT2D eigenvalue weighted by Crippen LogP contribution is 2.51. The van der Waals surface area contributed by atoms with Gasteiger partial charge in [-0.05, 0) is 88.6 Å². The van der Waals surface area contributed by atoms with E-state index in [-0.39, 0.29) is 10.8 Å². The number of hydrogen-bond donors (Lipinski definition) is 0. The van der Waals surface area contributed by atoms with Gasteiger partial charge in [0.25, 0.3) is 0 Å². The van der Waals surface area contributed by atoms with Gasteiger partial charge in [-0.3, -0.25) is 0 Å². The molecule has 10 rings (SSSR count). The maximum Gasteiger partial charge on any atom is 0.417 e. The van der Waals surface area contributed by atoms with Gasteiger partial charge in [0.2, 0.25) is 0 Å². The van der Waals surface area contributed by atoms with Gasteiger partial charge in [0.05, 0.1) is 5.56 Å². The van der Waals surface area contributed by atoms with Crippen LogP contribution in [-0.4, -0.2) is 0 Å². The number of halogens is 3. The van der Waals surface area contributed by atoms with Crippen LogP contribution in [0, 0.1) is 0 Å². The van der Waals surface area contributed by atoms with Crippen molar-refractivity contribution in [1.29, 1.82) is 0 Å². The van der Waals surface area contributed by atoms with Gasteiger partial charge in [-0.1, -0.05) is 152 Å². The van der Waals surface area contributed by atoms with Crippen LogP contribution in [0.5, 0.6) is 0 Å². The first-order valence-corrected chi connectivity index (χ1v) is 16.9. The van der Waals surface area contributed by atoms with Crippen LogP contribution in [0.3, 0.4) is 0 Å². The quantitative estimate of drug-likeness (QED) is 0.171. The number of fused-ring (bicyclic) bond motifs is 7.